The summed E-state index contributed by atoms with van der Waals surface area (Å²) in [6.07, 6.45) is 34.1. The van der Waals surface area contributed by atoms with E-state index in [2.05, 4.69) is 24.5 Å². The minimum Gasteiger partial charge on any atom is -0.464 e. The Kier molecular flexibility index (Phi) is 28.5. The second kappa shape index (κ2) is 32.6. The lowest BCUT2D eigenvalue weighted by Gasteiger charge is -2.18. The van der Waals surface area contributed by atoms with Crippen molar-refractivity contribution in [1.82, 2.24) is 15.2 Å². The monoisotopic (exact) mass is 796 g/mol. The van der Waals surface area contributed by atoms with E-state index in [-0.39, 0.29) is 36.8 Å². The molecule has 2 aromatic rings. The van der Waals surface area contributed by atoms with Crippen LogP contribution in [-0.4, -0.2) is 52.2 Å². The molecule has 9 nitrogen and oxygen atoms in total. The molecule has 2 rings (SSSR count). The fourth-order valence-electron chi connectivity index (χ4n) is 7.86. The van der Waals surface area contributed by atoms with Crippen molar-refractivity contribution < 1.29 is 29.0 Å². The van der Waals surface area contributed by atoms with Crippen LogP contribution < -0.4 is 10.6 Å². The van der Waals surface area contributed by atoms with E-state index in [9.17, 15) is 24.3 Å². The molecule has 9 heteroatoms. The molecule has 0 radical (unpaired) electrons. The maximum Gasteiger partial charge on any atom is 0.416 e. The molecule has 0 fully saturated rings. The van der Waals surface area contributed by atoms with Crippen LogP contribution in [0.2, 0.25) is 0 Å². The Hall–Kier alpha value is -3.36. The van der Waals surface area contributed by atoms with Gasteiger partial charge in [-0.25, -0.2) is 4.79 Å². The second-order valence-electron chi connectivity index (χ2n) is 16.6. The Labute approximate surface area is 346 Å². The molecule has 0 bridgehead atoms. The number of nitrogens with zero attached hydrogens (tertiary/aromatic N) is 1. The molecule has 0 aliphatic rings. The number of esters is 1. The number of hydrogen-bond acceptors (Lipinski definition) is 5. The van der Waals surface area contributed by atoms with E-state index in [1.54, 1.807) is 18.3 Å². The molecule has 2 atom stereocenters. The highest BCUT2D eigenvalue weighted by Gasteiger charge is 2.20. The first kappa shape index (κ1) is 49.8. The number of aromatic nitrogens is 1. The average molecular weight is 796 g/mol. The summed E-state index contributed by atoms with van der Waals surface area (Å²) in [5.41, 5.74) is 1.42. The number of para-hydroxylation sites is 1. The van der Waals surface area contributed by atoms with Crippen LogP contribution >= 0.6 is 0 Å². The standard InChI is InChI=1S/C48H81N3O6/c1-4-6-8-10-12-14-16-18-20-22-24-26-28-32-42(57-47(54)35-29-27-25-23-21-19-17-15-13-11-9-7-5-2)37-45(52)49-38-46(53)50-40(3)36-41-39-51(48(55)56)44-34-31-30-33-43(41)44/h30-31,33-34,39-40,42H,4-29,32,35-38H2,1-3H3,(H,49,52)(H,50,53)(H,55,56)/t40-,42?/m1/s1. The van der Waals surface area contributed by atoms with Gasteiger partial charge in [-0.2, -0.15) is 0 Å². The highest BCUT2D eigenvalue weighted by Crippen LogP contribution is 2.23. The molecule has 1 heterocycles. The lowest BCUT2D eigenvalue weighted by molar-refractivity contribution is -0.151. The van der Waals surface area contributed by atoms with Crippen molar-refractivity contribution in [1.29, 1.82) is 0 Å². The quantitative estimate of drug-likeness (QED) is 0.0465. The fourth-order valence-corrected chi connectivity index (χ4v) is 7.86. The van der Waals surface area contributed by atoms with Crippen molar-refractivity contribution in [3.05, 3.63) is 36.0 Å². The van der Waals surface area contributed by atoms with Gasteiger partial charge in [-0.15, -0.1) is 0 Å². The van der Waals surface area contributed by atoms with E-state index in [1.807, 2.05) is 19.1 Å². The molecule has 0 saturated heterocycles. The molecule has 57 heavy (non-hydrogen) atoms. The average Bonchev–Trinajstić information content (AvgIpc) is 3.55. The zero-order valence-corrected chi connectivity index (χ0v) is 36.4. The van der Waals surface area contributed by atoms with Gasteiger partial charge in [0, 0.05) is 24.0 Å². The molecule has 324 valence electrons. The lowest BCUT2D eigenvalue weighted by Crippen LogP contribution is -2.42. The molecular formula is C48H81N3O6. The van der Waals surface area contributed by atoms with E-state index in [1.165, 1.54) is 133 Å². The molecule has 0 saturated carbocycles. The number of nitrogens with one attached hydrogen (secondary N) is 2. The van der Waals surface area contributed by atoms with Crippen LogP contribution in [0, 0.1) is 0 Å². The van der Waals surface area contributed by atoms with Gasteiger partial charge < -0.3 is 20.5 Å². The van der Waals surface area contributed by atoms with Crippen molar-refractivity contribution >= 4 is 34.8 Å². The summed E-state index contributed by atoms with van der Waals surface area (Å²) >= 11 is 0. The van der Waals surface area contributed by atoms with E-state index in [0.717, 1.165) is 49.5 Å². The number of benzene rings is 1. The Morgan fingerprint density at radius 1 is 0.649 bits per heavy atom. The van der Waals surface area contributed by atoms with Gasteiger partial charge in [-0.05, 0) is 44.2 Å². The van der Waals surface area contributed by atoms with Gasteiger partial charge in [0.15, 0.2) is 0 Å². The lowest BCUT2D eigenvalue weighted by atomic mass is 10.0. The van der Waals surface area contributed by atoms with Crippen LogP contribution in [0.1, 0.15) is 213 Å². The molecule has 1 aromatic heterocycles. The predicted molar refractivity (Wildman–Crippen MR) is 235 cm³/mol. The number of amides is 2. The molecule has 0 spiro atoms. The molecule has 1 aromatic carbocycles. The van der Waals surface area contributed by atoms with E-state index >= 15 is 0 Å². The van der Waals surface area contributed by atoms with Crippen molar-refractivity contribution in [2.75, 3.05) is 6.54 Å². The highest BCUT2D eigenvalue weighted by atomic mass is 16.5. The van der Waals surface area contributed by atoms with Crippen LogP contribution in [0.15, 0.2) is 30.5 Å². The normalized spacial score (nSPS) is 12.4. The van der Waals surface area contributed by atoms with Crippen LogP contribution in [-0.2, 0) is 25.5 Å². The van der Waals surface area contributed by atoms with Crippen molar-refractivity contribution in [3.63, 3.8) is 0 Å². The summed E-state index contributed by atoms with van der Waals surface area (Å²) in [6, 6.07) is 7.01. The molecular weight excluding hydrogens is 715 g/mol. The SMILES string of the molecule is CCCCCCCCCCCCCCCC(=O)OC(CCCCCCCCCCCCCCC)CC(=O)NCC(=O)N[C@H](C)Cc1cn(C(=O)O)c2ccccc12. The number of unbranched alkanes of at least 4 members (excludes halogenated alkanes) is 24. The summed E-state index contributed by atoms with van der Waals surface area (Å²) in [4.78, 5) is 50.4. The van der Waals surface area contributed by atoms with Crippen LogP contribution in [0.3, 0.4) is 0 Å². The predicted octanol–water partition coefficient (Wildman–Crippen LogP) is 12.6. The summed E-state index contributed by atoms with van der Waals surface area (Å²) < 4.78 is 7.08. The number of carbonyl (C=O) groups is 4. The third kappa shape index (κ3) is 24.2. The molecule has 0 aliphatic carbocycles. The number of hydrogen-bond donors (Lipinski definition) is 3. The van der Waals surface area contributed by atoms with Gasteiger partial charge in [-0.3, -0.25) is 19.0 Å². The van der Waals surface area contributed by atoms with Gasteiger partial charge in [0.25, 0.3) is 0 Å². The number of carbonyl (C=O) groups excluding carboxylic acids is 3. The topological polar surface area (TPSA) is 127 Å². The zero-order valence-electron chi connectivity index (χ0n) is 36.4. The molecule has 3 N–H and O–H groups in total. The second-order valence-corrected chi connectivity index (χ2v) is 16.6. The first-order valence-corrected chi connectivity index (χ1v) is 23.3. The molecule has 1 unspecified atom stereocenters. The summed E-state index contributed by atoms with van der Waals surface area (Å²) in [5.74, 6) is -0.873. The smallest absolute Gasteiger partial charge is 0.416 e. The van der Waals surface area contributed by atoms with E-state index in [0.29, 0.717) is 24.8 Å². The summed E-state index contributed by atoms with van der Waals surface area (Å²) in [7, 11) is 0. The Morgan fingerprint density at radius 2 is 1.12 bits per heavy atom. The Bertz CT molecular complexity index is 1370. The van der Waals surface area contributed by atoms with Crippen molar-refractivity contribution in [2.24, 2.45) is 0 Å². The van der Waals surface area contributed by atoms with Crippen LogP contribution in [0.25, 0.3) is 10.9 Å². The van der Waals surface area contributed by atoms with Gasteiger partial charge in [-0.1, -0.05) is 186 Å². The first-order chi connectivity index (χ1) is 27.7. The Morgan fingerprint density at radius 3 is 1.63 bits per heavy atom. The van der Waals surface area contributed by atoms with E-state index < -0.39 is 12.2 Å². The maximum absolute atomic E-state index is 13.0. The molecule has 0 aliphatic heterocycles. The fraction of sp³-hybridized carbons (Fsp3) is 0.750. The number of ether oxygens (including phenoxy) is 1. The summed E-state index contributed by atoms with van der Waals surface area (Å²) in [5, 5.41) is 16.1. The minimum atomic E-state index is -1.06. The largest absolute Gasteiger partial charge is 0.464 e. The first-order valence-electron chi connectivity index (χ1n) is 23.3. The summed E-state index contributed by atoms with van der Waals surface area (Å²) in [6.45, 7) is 6.19. The Balaban J connectivity index is 1.72. The number of fused-ring (bicyclic) bond motifs is 1. The third-order valence-electron chi connectivity index (χ3n) is 11.2. The minimum absolute atomic E-state index is 0.0418. The molecule has 2 amide bonds. The highest BCUT2D eigenvalue weighted by molar-refractivity contribution is 5.91. The van der Waals surface area contributed by atoms with Crippen molar-refractivity contribution in [2.45, 2.75) is 226 Å². The van der Waals surface area contributed by atoms with Gasteiger partial charge in [0.2, 0.25) is 11.8 Å². The zero-order chi connectivity index (χ0) is 41.4. The number of carboxylic acid groups (broad SMARTS) is 1. The third-order valence-corrected chi connectivity index (χ3v) is 11.2. The van der Waals surface area contributed by atoms with Crippen LogP contribution in [0.4, 0.5) is 4.79 Å². The van der Waals surface area contributed by atoms with E-state index in [4.69, 9.17) is 4.74 Å². The number of rotatable bonds is 36. The van der Waals surface area contributed by atoms with Gasteiger partial charge in [0.1, 0.15) is 6.10 Å². The maximum atomic E-state index is 13.0. The van der Waals surface area contributed by atoms with Gasteiger partial charge in [0.05, 0.1) is 18.5 Å². The van der Waals surface area contributed by atoms with Crippen molar-refractivity contribution in [3.8, 4) is 0 Å². The van der Waals surface area contributed by atoms with Gasteiger partial charge >= 0.3 is 12.1 Å². The van der Waals surface area contributed by atoms with Crippen LogP contribution in [0.5, 0.6) is 0 Å².